The monoisotopic (exact) mass is 284 g/mol. The van der Waals surface area contributed by atoms with Crippen molar-refractivity contribution in [2.24, 2.45) is 11.1 Å². The van der Waals surface area contributed by atoms with E-state index in [2.05, 4.69) is 0 Å². The molecule has 6 heteroatoms. The lowest BCUT2D eigenvalue weighted by molar-refractivity contribution is -0.181. The van der Waals surface area contributed by atoms with Crippen molar-refractivity contribution < 1.29 is 19.4 Å². The molecule has 2 rings (SSSR count). The molecule has 1 saturated heterocycles. The Bertz CT molecular complexity index is 423. The minimum Gasteiger partial charge on any atom is -0.480 e. The maximum Gasteiger partial charge on any atom is 0.326 e. The summed E-state index contributed by atoms with van der Waals surface area (Å²) >= 11 is 0. The van der Waals surface area contributed by atoms with Crippen LogP contribution < -0.4 is 5.73 Å². The van der Waals surface area contributed by atoms with Crippen LogP contribution in [-0.4, -0.2) is 52.7 Å². The van der Waals surface area contributed by atoms with Crippen molar-refractivity contribution in [1.82, 2.24) is 4.90 Å². The number of hydrogen-bond acceptors (Lipinski definition) is 4. The maximum absolute atomic E-state index is 12.7. The number of carbonyl (C=O) groups excluding carboxylic acids is 1. The fourth-order valence-electron chi connectivity index (χ4n) is 3.32. The van der Waals surface area contributed by atoms with Gasteiger partial charge in [0.2, 0.25) is 5.91 Å². The van der Waals surface area contributed by atoms with Gasteiger partial charge in [0.1, 0.15) is 11.6 Å². The minimum atomic E-state index is -1.02. The zero-order valence-corrected chi connectivity index (χ0v) is 12.4. The highest BCUT2D eigenvalue weighted by atomic mass is 16.5. The molecular weight excluding hydrogens is 260 g/mol. The molecule has 0 radical (unpaired) electrons. The normalized spacial score (nSPS) is 35.7. The highest BCUT2D eigenvalue weighted by Gasteiger charge is 2.64. The third kappa shape index (κ3) is 2.02. The van der Waals surface area contributed by atoms with Gasteiger partial charge in [-0.1, -0.05) is 13.8 Å². The van der Waals surface area contributed by atoms with E-state index < -0.39 is 23.0 Å². The van der Waals surface area contributed by atoms with E-state index in [0.717, 1.165) is 0 Å². The Balaban J connectivity index is 2.15. The molecule has 0 aromatic heterocycles. The lowest BCUT2D eigenvalue weighted by atomic mass is 9.54. The topological polar surface area (TPSA) is 92.9 Å². The average Bonchev–Trinajstić information content (AvgIpc) is 2.86. The molecule has 0 aromatic carbocycles. The van der Waals surface area contributed by atoms with Crippen LogP contribution in [0, 0.1) is 5.41 Å². The van der Waals surface area contributed by atoms with Gasteiger partial charge in [0.15, 0.2) is 0 Å². The Morgan fingerprint density at radius 3 is 2.60 bits per heavy atom. The van der Waals surface area contributed by atoms with Gasteiger partial charge in [-0.3, -0.25) is 4.79 Å². The minimum absolute atomic E-state index is 0.0488. The largest absolute Gasteiger partial charge is 0.480 e. The number of amides is 1. The number of nitrogens with zero attached hydrogens (tertiary/aromatic N) is 1. The molecule has 1 saturated carbocycles. The first-order valence-electron chi connectivity index (χ1n) is 7.20. The lowest BCUT2D eigenvalue weighted by Crippen LogP contribution is -2.76. The van der Waals surface area contributed by atoms with Gasteiger partial charge in [0.05, 0.1) is 6.10 Å². The molecule has 0 spiro atoms. The van der Waals surface area contributed by atoms with Gasteiger partial charge in [0, 0.05) is 25.0 Å². The fraction of sp³-hybridized carbons (Fsp3) is 0.857. The Hall–Kier alpha value is -1.14. The van der Waals surface area contributed by atoms with E-state index >= 15 is 0 Å². The standard InChI is InChI=1S/C14H24N2O4/c1-4-20-10-8-14(15,13(10,2)3)12(19)16-7-5-6-9(16)11(17)18/h9-10H,4-8,15H2,1-3H3,(H,17,18)/t9-,10?,14?/m1/s1. The van der Waals surface area contributed by atoms with Gasteiger partial charge < -0.3 is 20.5 Å². The van der Waals surface area contributed by atoms with E-state index in [1.807, 2.05) is 20.8 Å². The Morgan fingerprint density at radius 1 is 1.45 bits per heavy atom. The first kappa shape index (κ1) is 15.3. The second kappa shape index (κ2) is 5.00. The predicted octanol–water partition coefficient (Wildman–Crippen LogP) is 0.595. The van der Waals surface area contributed by atoms with Gasteiger partial charge in [-0.15, -0.1) is 0 Å². The number of carboxylic acid groups (broad SMARTS) is 1. The molecule has 3 N–H and O–H groups in total. The number of nitrogens with two attached hydrogens (primary N) is 1. The first-order valence-corrected chi connectivity index (χ1v) is 7.20. The molecule has 1 aliphatic heterocycles. The maximum atomic E-state index is 12.7. The van der Waals surface area contributed by atoms with Crippen LogP contribution in [0.5, 0.6) is 0 Å². The van der Waals surface area contributed by atoms with Crippen molar-refractivity contribution >= 4 is 11.9 Å². The number of rotatable bonds is 4. The molecule has 1 aliphatic carbocycles. The summed E-state index contributed by atoms with van der Waals surface area (Å²) in [4.78, 5) is 25.4. The Labute approximate surface area is 119 Å². The van der Waals surface area contributed by atoms with Crippen LogP contribution in [0.15, 0.2) is 0 Å². The highest BCUT2D eigenvalue weighted by molar-refractivity contribution is 5.92. The third-order valence-electron chi connectivity index (χ3n) is 5.01. The van der Waals surface area contributed by atoms with Crippen LogP contribution in [0.3, 0.4) is 0 Å². The van der Waals surface area contributed by atoms with Gasteiger partial charge >= 0.3 is 5.97 Å². The first-order chi connectivity index (χ1) is 9.25. The summed E-state index contributed by atoms with van der Waals surface area (Å²) in [7, 11) is 0. The molecule has 114 valence electrons. The van der Waals surface area contributed by atoms with Crippen molar-refractivity contribution in [2.75, 3.05) is 13.2 Å². The van der Waals surface area contributed by atoms with Crippen molar-refractivity contribution in [2.45, 2.75) is 57.7 Å². The quantitative estimate of drug-likeness (QED) is 0.788. The molecular formula is C14H24N2O4. The summed E-state index contributed by atoms with van der Waals surface area (Å²) in [6, 6.07) is -0.732. The molecule has 20 heavy (non-hydrogen) atoms. The molecule has 2 unspecified atom stereocenters. The van der Waals surface area contributed by atoms with Crippen molar-refractivity contribution in [3.05, 3.63) is 0 Å². The molecule has 2 fully saturated rings. The van der Waals surface area contributed by atoms with E-state index in [4.69, 9.17) is 10.5 Å². The average molecular weight is 284 g/mol. The summed E-state index contributed by atoms with van der Waals surface area (Å²) in [5.74, 6) is -1.19. The van der Waals surface area contributed by atoms with Gasteiger partial charge in [-0.25, -0.2) is 4.79 Å². The molecule has 3 atom stereocenters. The third-order valence-corrected chi connectivity index (χ3v) is 5.01. The second-order valence-corrected chi connectivity index (χ2v) is 6.34. The molecule has 2 aliphatic rings. The van der Waals surface area contributed by atoms with E-state index in [1.54, 1.807) is 0 Å². The van der Waals surface area contributed by atoms with Crippen molar-refractivity contribution in [3.8, 4) is 0 Å². The van der Waals surface area contributed by atoms with E-state index in [1.165, 1.54) is 4.90 Å². The van der Waals surface area contributed by atoms with Crippen LogP contribution in [0.4, 0.5) is 0 Å². The lowest BCUT2D eigenvalue weighted by Gasteiger charge is -2.58. The van der Waals surface area contributed by atoms with Crippen LogP contribution in [0.1, 0.15) is 40.0 Å². The Morgan fingerprint density at radius 2 is 2.10 bits per heavy atom. The number of ether oxygens (including phenoxy) is 1. The van der Waals surface area contributed by atoms with Crippen LogP contribution in [-0.2, 0) is 14.3 Å². The zero-order valence-electron chi connectivity index (χ0n) is 12.4. The summed E-state index contributed by atoms with van der Waals surface area (Å²) in [5.41, 5.74) is 4.82. The fourth-order valence-corrected chi connectivity index (χ4v) is 3.32. The summed E-state index contributed by atoms with van der Waals surface area (Å²) in [6.07, 6.45) is 1.63. The van der Waals surface area contributed by atoms with Gasteiger partial charge in [-0.2, -0.15) is 0 Å². The van der Waals surface area contributed by atoms with E-state index in [0.29, 0.717) is 32.4 Å². The zero-order chi connectivity index (χ0) is 15.1. The molecule has 6 nitrogen and oxygen atoms in total. The predicted molar refractivity (Wildman–Crippen MR) is 73.1 cm³/mol. The van der Waals surface area contributed by atoms with Crippen LogP contribution in [0.25, 0.3) is 0 Å². The molecule has 1 heterocycles. The smallest absolute Gasteiger partial charge is 0.326 e. The van der Waals surface area contributed by atoms with E-state index in [9.17, 15) is 14.7 Å². The summed E-state index contributed by atoms with van der Waals surface area (Å²) in [6.45, 7) is 6.81. The number of carboxylic acids is 1. The number of aliphatic carboxylic acids is 1. The van der Waals surface area contributed by atoms with Gasteiger partial charge in [0.25, 0.3) is 0 Å². The highest BCUT2D eigenvalue weighted by Crippen LogP contribution is 2.51. The number of carbonyl (C=O) groups is 2. The molecule has 0 aromatic rings. The molecule has 1 amide bonds. The van der Waals surface area contributed by atoms with Crippen molar-refractivity contribution in [3.63, 3.8) is 0 Å². The Kier molecular flexibility index (Phi) is 3.81. The van der Waals surface area contributed by atoms with Gasteiger partial charge in [-0.05, 0) is 19.8 Å². The van der Waals surface area contributed by atoms with Crippen LogP contribution >= 0.6 is 0 Å². The second-order valence-electron chi connectivity index (χ2n) is 6.34. The molecule has 0 bridgehead atoms. The van der Waals surface area contributed by atoms with E-state index in [-0.39, 0.29) is 12.0 Å². The SMILES string of the molecule is CCOC1CC(N)(C(=O)N2CCC[C@@H]2C(=O)O)C1(C)C. The van der Waals surface area contributed by atoms with Crippen LogP contribution in [0.2, 0.25) is 0 Å². The summed E-state index contributed by atoms with van der Waals surface area (Å²) < 4.78 is 5.61. The summed E-state index contributed by atoms with van der Waals surface area (Å²) in [5, 5.41) is 9.20. The number of likely N-dealkylation sites (tertiary alicyclic amines) is 1. The number of hydrogen-bond donors (Lipinski definition) is 2. The van der Waals surface area contributed by atoms with Crippen molar-refractivity contribution in [1.29, 1.82) is 0 Å².